The lowest BCUT2D eigenvalue weighted by Crippen LogP contribution is -1.95. The Labute approximate surface area is 118 Å². The van der Waals surface area contributed by atoms with Gasteiger partial charge >= 0.3 is 0 Å². The number of H-pyrrole nitrogens is 1. The second kappa shape index (κ2) is 4.89. The van der Waals surface area contributed by atoms with Crippen molar-refractivity contribution in [3.05, 3.63) is 65.8 Å². The molecule has 2 aromatic carbocycles. The number of aryl methyl sites for hydroxylation is 1. The van der Waals surface area contributed by atoms with Crippen LogP contribution in [-0.4, -0.2) is 4.98 Å². The summed E-state index contributed by atoms with van der Waals surface area (Å²) in [5.74, 6) is 0. The minimum atomic E-state index is 0.784. The number of rotatable bonds is 2. The van der Waals surface area contributed by atoms with Gasteiger partial charge in [-0.1, -0.05) is 29.8 Å². The molecule has 0 fully saturated rings. The van der Waals surface area contributed by atoms with Crippen LogP contribution in [0, 0.1) is 6.92 Å². The maximum Gasteiger partial charge on any atom is 0.0465 e. The Morgan fingerprint density at radius 2 is 1.75 bits per heavy atom. The number of nitrogens with one attached hydrogen (secondary N) is 1. The first kappa shape index (κ1) is 12.5. The van der Waals surface area contributed by atoms with E-state index in [0.717, 1.165) is 16.8 Å². The predicted octanol–water partition coefficient (Wildman–Crippen LogP) is 4.51. The van der Waals surface area contributed by atoms with Crippen molar-refractivity contribution in [3.8, 4) is 0 Å². The number of allylic oxidation sites excluding steroid dienone is 3. The summed E-state index contributed by atoms with van der Waals surface area (Å²) in [6, 6.07) is 12.8. The van der Waals surface area contributed by atoms with Gasteiger partial charge in [0.05, 0.1) is 0 Å². The normalized spacial score (nSPS) is 12.8. The third-order valence-corrected chi connectivity index (χ3v) is 3.56. The fraction of sp³-hybridized carbons (Fsp3) is 0.111. The molecule has 3 rings (SSSR count). The van der Waals surface area contributed by atoms with E-state index in [-0.39, 0.29) is 0 Å². The molecule has 2 heteroatoms. The van der Waals surface area contributed by atoms with Gasteiger partial charge in [0.15, 0.2) is 0 Å². The number of hydrogen-bond acceptors (Lipinski definition) is 1. The number of aromatic nitrogens is 1. The lowest BCUT2D eigenvalue weighted by Gasteiger charge is -2.01. The van der Waals surface area contributed by atoms with Crippen LogP contribution in [0.3, 0.4) is 0 Å². The molecule has 1 aromatic heterocycles. The van der Waals surface area contributed by atoms with E-state index in [1.807, 2.05) is 25.2 Å². The maximum atomic E-state index is 6.11. The maximum absolute atomic E-state index is 6.11. The van der Waals surface area contributed by atoms with Crippen LogP contribution in [0.5, 0.6) is 0 Å². The Morgan fingerprint density at radius 3 is 2.50 bits per heavy atom. The molecule has 100 valence electrons. The van der Waals surface area contributed by atoms with Crippen LogP contribution in [0.4, 0.5) is 0 Å². The van der Waals surface area contributed by atoms with E-state index in [9.17, 15) is 0 Å². The Balaban J connectivity index is 2.23. The van der Waals surface area contributed by atoms with Crippen LogP contribution in [-0.2, 0) is 0 Å². The summed E-state index contributed by atoms with van der Waals surface area (Å²) >= 11 is 0. The van der Waals surface area contributed by atoms with Crippen molar-refractivity contribution in [2.75, 3.05) is 0 Å². The highest BCUT2D eigenvalue weighted by Gasteiger charge is 2.06. The van der Waals surface area contributed by atoms with Gasteiger partial charge in [0.2, 0.25) is 0 Å². The summed E-state index contributed by atoms with van der Waals surface area (Å²) in [4.78, 5) is 3.44. The van der Waals surface area contributed by atoms with Gasteiger partial charge in [0, 0.05) is 27.5 Å². The van der Waals surface area contributed by atoms with Gasteiger partial charge in [-0.2, -0.15) is 0 Å². The molecule has 0 aliphatic rings. The largest absolute Gasteiger partial charge is 0.398 e. The highest BCUT2D eigenvalue weighted by molar-refractivity contribution is 6.08. The zero-order valence-corrected chi connectivity index (χ0v) is 11.8. The third kappa shape index (κ3) is 2.10. The molecule has 3 aromatic rings. The quantitative estimate of drug-likeness (QED) is 0.656. The number of benzene rings is 2. The van der Waals surface area contributed by atoms with Gasteiger partial charge < -0.3 is 10.7 Å². The SMILES string of the molecule is C/C=C\C=C(/N)c1ccc2[nH]c3ccc(C)cc3c2c1. The second-order valence-electron chi connectivity index (χ2n) is 5.08. The van der Waals surface area contributed by atoms with E-state index >= 15 is 0 Å². The molecule has 0 atom stereocenters. The first-order valence-corrected chi connectivity index (χ1v) is 6.80. The third-order valence-electron chi connectivity index (χ3n) is 3.56. The summed E-state index contributed by atoms with van der Waals surface area (Å²) in [6.07, 6.45) is 5.86. The summed E-state index contributed by atoms with van der Waals surface area (Å²) < 4.78 is 0. The zero-order valence-electron chi connectivity index (χ0n) is 11.8. The first-order valence-electron chi connectivity index (χ1n) is 6.80. The fourth-order valence-corrected chi connectivity index (χ4v) is 2.49. The fourth-order valence-electron chi connectivity index (χ4n) is 2.49. The lowest BCUT2D eigenvalue weighted by molar-refractivity contribution is 1.48. The Kier molecular flexibility index (Phi) is 3.07. The van der Waals surface area contributed by atoms with Gasteiger partial charge in [0.25, 0.3) is 0 Å². The summed E-state index contributed by atoms with van der Waals surface area (Å²) in [7, 11) is 0. The molecule has 2 nitrogen and oxygen atoms in total. The van der Waals surface area contributed by atoms with Crippen molar-refractivity contribution in [1.82, 2.24) is 4.98 Å². The van der Waals surface area contributed by atoms with Crippen LogP contribution in [0.2, 0.25) is 0 Å². The van der Waals surface area contributed by atoms with E-state index < -0.39 is 0 Å². The molecule has 0 spiro atoms. The smallest absolute Gasteiger partial charge is 0.0465 e. The summed E-state index contributed by atoms with van der Waals surface area (Å²) in [5, 5.41) is 2.47. The molecule has 0 unspecified atom stereocenters. The molecule has 0 bridgehead atoms. The van der Waals surface area contributed by atoms with Crippen molar-refractivity contribution in [1.29, 1.82) is 0 Å². The molecule has 0 aliphatic heterocycles. The highest BCUT2D eigenvalue weighted by Crippen LogP contribution is 2.28. The van der Waals surface area contributed by atoms with Gasteiger partial charge in [0.1, 0.15) is 0 Å². The molecule has 20 heavy (non-hydrogen) atoms. The number of fused-ring (bicyclic) bond motifs is 3. The average molecular weight is 262 g/mol. The van der Waals surface area contributed by atoms with Crippen molar-refractivity contribution in [2.45, 2.75) is 13.8 Å². The zero-order chi connectivity index (χ0) is 14.1. The standard InChI is InChI=1S/C18H18N2/c1-3-4-5-16(19)13-7-9-18-15(11-13)14-10-12(2)6-8-17(14)20-18/h3-11,20H,19H2,1-2H3/b4-3-,16-5-. The van der Waals surface area contributed by atoms with Crippen LogP contribution < -0.4 is 5.73 Å². The van der Waals surface area contributed by atoms with Gasteiger partial charge in [-0.25, -0.2) is 0 Å². The van der Waals surface area contributed by atoms with Gasteiger partial charge in [-0.05, 0) is 49.8 Å². The topological polar surface area (TPSA) is 41.8 Å². The Hall–Kier alpha value is -2.48. The number of aromatic amines is 1. The van der Waals surface area contributed by atoms with Crippen molar-refractivity contribution in [2.24, 2.45) is 5.73 Å². The molecular formula is C18H18N2. The number of hydrogen-bond donors (Lipinski definition) is 2. The van der Waals surface area contributed by atoms with Crippen molar-refractivity contribution in [3.63, 3.8) is 0 Å². The van der Waals surface area contributed by atoms with E-state index in [1.54, 1.807) is 0 Å². The molecule has 1 heterocycles. The van der Waals surface area contributed by atoms with Gasteiger partial charge in [-0.3, -0.25) is 0 Å². The van der Waals surface area contributed by atoms with Crippen LogP contribution in [0.1, 0.15) is 18.1 Å². The number of nitrogens with two attached hydrogens (primary N) is 1. The Morgan fingerprint density at radius 1 is 1.05 bits per heavy atom. The monoisotopic (exact) mass is 262 g/mol. The Bertz CT molecular complexity index is 835. The van der Waals surface area contributed by atoms with E-state index in [2.05, 4.69) is 48.3 Å². The van der Waals surface area contributed by atoms with Gasteiger partial charge in [-0.15, -0.1) is 0 Å². The molecule has 0 radical (unpaired) electrons. The van der Waals surface area contributed by atoms with E-state index in [0.29, 0.717) is 0 Å². The first-order chi connectivity index (χ1) is 9.69. The van der Waals surface area contributed by atoms with Crippen LogP contribution in [0.15, 0.2) is 54.6 Å². The molecular weight excluding hydrogens is 244 g/mol. The average Bonchev–Trinajstić information content (AvgIpc) is 2.82. The van der Waals surface area contributed by atoms with Crippen LogP contribution in [0.25, 0.3) is 27.5 Å². The summed E-state index contributed by atoms with van der Waals surface area (Å²) in [6.45, 7) is 4.10. The minimum Gasteiger partial charge on any atom is -0.398 e. The summed E-state index contributed by atoms with van der Waals surface area (Å²) in [5.41, 5.74) is 11.5. The van der Waals surface area contributed by atoms with E-state index in [1.165, 1.54) is 21.9 Å². The highest BCUT2D eigenvalue weighted by atomic mass is 14.7. The second-order valence-corrected chi connectivity index (χ2v) is 5.08. The van der Waals surface area contributed by atoms with E-state index in [4.69, 9.17) is 5.73 Å². The van der Waals surface area contributed by atoms with Crippen molar-refractivity contribution >= 4 is 27.5 Å². The van der Waals surface area contributed by atoms with Crippen molar-refractivity contribution < 1.29 is 0 Å². The molecule has 0 aliphatic carbocycles. The molecule has 0 saturated carbocycles. The predicted molar refractivity (Wildman–Crippen MR) is 87.5 cm³/mol. The molecule has 3 N–H and O–H groups in total. The molecule has 0 amide bonds. The molecule has 0 saturated heterocycles. The minimum absolute atomic E-state index is 0.784. The van der Waals surface area contributed by atoms with Crippen LogP contribution >= 0.6 is 0 Å². The lowest BCUT2D eigenvalue weighted by atomic mass is 10.1.